The van der Waals surface area contributed by atoms with Crippen LogP contribution in [0.4, 0.5) is 5.69 Å². The van der Waals surface area contributed by atoms with E-state index in [1.54, 1.807) is 69.1 Å². The number of carbonyl (C=O) groups is 3. The maximum absolute atomic E-state index is 13.0. The van der Waals surface area contributed by atoms with E-state index in [1.807, 2.05) is 0 Å². The second-order valence-corrected chi connectivity index (χ2v) is 7.57. The Kier molecular flexibility index (Phi) is 6.08. The summed E-state index contributed by atoms with van der Waals surface area (Å²) in [5.41, 5.74) is 1.06. The van der Waals surface area contributed by atoms with Gasteiger partial charge in [0, 0.05) is 43.1 Å². The van der Waals surface area contributed by atoms with Crippen LogP contribution in [0.5, 0.6) is 0 Å². The Labute approximate surface area is 184 Å². The van der Waals surface area contributed by atoms with E-state index in [9.17, 15) is 14.4 Å². The maximum Gasteiger partial charge on any atom is 0.289 e. The zero-order valence-corrected chi connectivity index (χ0v) is 17.4. The number of hydrogen-bond acceptors (Lipinski definition) is 4. The summed E-state index contributed by atoms with van der Waals surface area (Å²) >= 11 is 5.86. The van der Waals surface area contributed by atoms with Gasteiger partial charge in [-0.2, -0.15) is 0 Å². The Morgan fingerprint density at radius 3 is 2.23 bits per heavy atom. The van der Waals surface area contributed by atoms with Crippen molar-refractivity contribution in [2.24, 2.45) is 0 Å². The summed E-state index contributed by atoms with van der Waals surface area (Å²) in [7, 11) is 0. The molecule has 1 aliphatic heterocycles. The SMILES string of the molecule is O=C(Cn1cccc1C(=O)N1CCN(C(=O)c2ccco2)CC1)Nc1ccc(Cl)cc1. The van der Waals surface area contributed by atoms with Crippen molar-refractivity contribution < 1.29 is 18.8 Å². The molecule has 3 aromatic rings. The fraction of sp³-hybridized carbons (Fsp3) is 0.227. The highest BCUT2D eigenvalue weighted by molar-refractivity contribution is 6.30. The van der Waals surface area contributed by atoms with Gasteiger partial charge in [-0.25, -0.2) is 0 Å². The summed E-state index contributed by atoms with van der Waals surface area (Å²) in [6.07, 6.45) is 3.16. The summed E-state index contributed by atoms with van der Waals surface area (Å²) in [5.74, 6) is -0.310. The number of hydrogen-bond donors (Lipinski definition) is 1. The van der Waals surface area contributed by atoms with Gasteiger partial charge in [0.05, 0.1) is 6.26 Å². The van der Waals surface area contributed by atoms with Crippen LogP contribution >= 0.6 is 11.6 Å². The van der Waals surface area contributed by atoms with Gasteiger partial charge < -0.3 is 24.1 Å². The first kappa shape index (κ1) is 20.7. The zero-order chi connectivity index (χ0) is 21.8. The molecule has 0 atom stereocenters. The van der Waals surface area contributed by atoms with Crippen LogP contribution in [0.1, 0.15) is 21.0 Å². The van der Waals surface area contributed by atoms with E-state index in [2.05, 4.69) is 5.32 Å². The van der Waals surface area contributed by atoms with Gasteiger partial charge in [-0.05, 0) is 48.5 Å². The molecule has 8 nitrogen and oxygen atoms in total. The highest BCUT2D eigenvalue weighted by Crippen LogP contribution is 2.15. The minimum atomic E-state index is -0.249. The van der Waals surface area contributed by atoms with Crippen LogP contribution in [0, 0.1) is 0 Å². The molecule has 0 radical (unpaired) electrons. The molecule has 2 aromatic heterocycles. The van der Waals surface area contributed by atoms with Crippen LogP contribution in [0.15, 0.2) is 65.4 Å². The first-order chi connectivity index (χ1) is 15.0. The van der Waals surface area contributed by atoms with Crippen LogP contribution in [0.2, 0.25) is 5.02 Å². The van der Waals surface area contributed by atoms with E-state index < -0.39 is 0 Å². The molecule has 1 aliphatic rings. The number of piperazine rings is 1. The number of furan rings is 1. The van der Waals surface area contributed by atoms with Gasteiger partial charge in [0.1, 0.15) is 12.2 Å². The van der Waals surface area contributed by atoms with Gasteiger partial charge >= 0.3 is 0 Å². The van der Waals surface area contributed by atoms with Crippen molar-refractivity contribution in [1.29, 1.82) is 0 Å². The number of amides is 3. The number of rotatable bonds is 5. The molecule has 3 amide bonds. The molecule has 1 saturated heterocycles. The van der Waals surface area contributed by atoms with E-state index in [-0.39, 0.29) is 24.3 Å². The third-order valence-corrected chi connectivity index (χ3v) is 5.33. The van der Waals surface area contributed by atoms with Crippen molar-refractivity contribution in [1.82, 2.24) is 14.4 Å². The molecule has 0 unspecified atom stereocenters. The second kappa shape index (κ2) is 9.09. The van der Waals surface area contributed by atoms with Gasteiger partial charge in [0.2, 0.25) is 5.91 Å². The van der Waals surface area contributed by atoms with Crippen LogP contribution in [-0.4, -0.2) is 58.3 Å². The molecule has 4 rings (SSSR count). The molecule has 1 aromatic carbocycles. The maximum atomic E-state index is 13.0. The molecule has 9 heteroatoms. The Morgan fingerprint density at radius 2 is 1.58 bits per heavy atom. The Balaban J connectivity index is 1.35. The lowest BCUT2D eigenvalue weighted by Gasteiger charge is -2.34. The standard InChI is InChI=1S/C22H21ClN4O4/c23-16-5-7-17(8-6-16)24-20(28)15-27-9-1-3-18(27)21(29)25-10-12-26(13-11-25)22(30)19-4-2-14-31-19/h1-9,14H,10-13,15H2,(H,24,28). The predicted molar refractivity (Wildman–Crippen MR) is 115 cm³/mol. The van der Waals surface area contributed by atoms with Crippen LogP contribution in [0.25, 0.3) is 0 Å². The van der Waals surface area contributed by atoms with E-state index in [0.717, 1.165) is 0 Å². The number of benzene rings is 1. The van der Waals surface area contributed by atoms with Gasteiger partial charge in [0.15, 0.2) is 5.76 Å². The van der Waals surface area contributed by atoms with Gasteiger partial charge in [-0.3, -0.25) is 14.4 Å². The third-order valence-electron chi connectivity index (χ3n) is 5.08. The van der Waals surface area contributed by atoms with Crippen molar-refractivity contribution in [3.63, 3.8) is 0 Å². The first-order valence-electron chi connectivity index (χ1n) is 9.84. The summed E-state index contributed by atoms with van der Waals surface area (Å²) < 4.78 is 6.78. The zero-order valence-electron chi connectivity index (χ0n) is 16.7. The molecule has 0 aliphatic carbocycles. The number of aromatic nitrogens is 1. The summed E-state index contributed by atoms with van der Waals surface area (Å²) in [5, 5.41) is 3.37. The highest BCUT2D eigenvalue weighted by atomic mass is 35.5. The highest BCUT2D eigenvalue weighted by Gasteiger charge is 2.27. The number of nitrogens with one attached hydrogen (secondary N) is 1. The van der Waals surface area contributed by atoms with Crippen molar-refractivity contribution in [3.05, 3.63) is 77.5 Å². The van der Waals surface area contributed by atoms with Gasteiger partial charge in [-0.1, -0.05) is 11.6 Å². The molecular formula is C22H21ClN4O4. The number of anilines is 1. The predicted octanol–water partition coefficient (Wildman–Crippen LogP) is 2.97. The fourth-order valence-corrected chi connectivity index (χ4v) is 3.59. The second-order valence-electron chi connectivity index (χ2n) is 7.14. The Hall–Kier alpha value is -3.52. The van der Waals surface area contributed by atoms with Crippen molar-refractivity contribution in [2.75, 3.05) is 31.5 Å². The minimum Gasteiger partial charge on any atom is -0.459 e. The Morgan fingerprint density at radius 1 is 0.903 bits per heavy atom. The van der Waals surface area contributed by atoms with E-state index in [1.165, 1.54) is 6.26 Å². The van der Waals surface area contributed by atoms with Crippen molar-refractivity contribution >= 4 is 35.0 Å². The lowest BCUT2D eigenvalue weighted by Crippen LogP contribution is -2.50. The minimum absolute atomic E-state index is 0.00758. The first-order valence-corrected chi connectivity index (χ1v) is 10.2. The topological polar surface area (TPSA) is 87.8 Å². The number of nitrogens with zero attached hydrogens (tertiary/aromatic N) is 3. The van der Waals surface area contributed by atoms with E-state index in [0.29, 0.717) is 48.3 Å². The third kappa shape index (κ3) is 4.80. The molecule has 0 bridgehead atoms. The molecule has 1 N–H and O–H groups in total. The van der Waals surface area contributed by atoms with Crippen LogP contribution < -0.4 is 5.32 Å². The number of carbonyl (C=O) groups excluding carboxylic acids is 3. The lowest BCUT2D eigenvalue weighted by atomic mass is 10.2. The van der Waals surface area contributed by atoms with Crippen molar-refractivity contribution in [2.45, 2.75) is 6.54 Å². The molecule has 31 heavy (non-hydrogen) atoms. The van der Waals surface area contributed by atoms with Crippen LogP contribution in [0.3, 0.4) is 0 Å². The van der Waals surface area contributed by atoms with Gasteiger partial charge in [0.25, 0.3) is 11.8 Å². The lowest BCUT2D eigenvalue weighted by molar-refractivity contribution is -0.116. The molecule has 0 spiro atoms. The molecule has 1 fully saturated rings. The fourth-order valence-electron chi connectivity index (χ4n) is 3.47. The van der Waals surface area contributed by atoms with E-state index in [4.69, 9.17) is 16.0 Å². The summed E-state index contributed by atoms with van der Waals surface area (Å²) in [6, 6.07) is 13.5. The van der Waals surface area contributed by atoms with Gasteiger partial charge in [-0.15, -0.1) is 0 Å². The summed E-state index contributed by atoms with van der Waals surface area (Å²) in [6.45, 7) is 1.67. The monoisotopic (exact) mass is 440 g/mol. The largest absolute Gasteiger partial charge is 0.459 e. The molecule has 160 valence electrons. The molecule has 0 saturated carbocycles. The smallest absolute Gasteiger partial charge is 0.289 e. The van der Waals surface area contributed by atoms with E-state index >= 15 is 0 Å². The normalized spacial score (nSPS) is 13.8. The average molecular weight is 441 g/mol. The quantitative estimate of drug-likeness (QED) is 0.660. The van der Waals surface area contributed by atoms with Crippen molar-refractivity contribution in [3.8, 4) is 0 Å². The average Bonchev–Trinajstić information content (AvgIpc) is 3.47. The van der Waals surface area contributed by atoms with Crippen LogP contribution in [-0.2, 0) is 11.3 Å². The summed E-state index contributed by atoms with van der Waals surface area (Å²) in [4.78, 5) is 41.1. The molecule has 3 heterocycles. The number of halogens is 1. The molecular weight excluding hydrogens is 420 g/mol. The Bertz CT molecular complexity index is 1070.